The number of thioether (sulfide) groups is 1. The molecule has 1 aromatic carbocycles. The van der Waals surface area contributed by atoms with Crippen LogP contribution in [0.25, 0.3) is 10.6 Å². The van der Waals surface area contributed by atoms with Crippen LogP contribution in [0.15, 0.2) is 45.0 Å². The van der Waals surface area contributed by atoms with Gasteiger partial charge in [-0.05, 0) is 30.4 Å². The zero-order valence-corrected chi connectivity index (χ0v) is 17.5. The molecular weight excluding hydrogens is 451 g/mol. The van der Waals surface area contributed by atoms with Crippen LogP contribution >= 0.6 is 69.9 Å². The second kappa shape index (κ2) is 7.41. The molecule has 0 N–H and O–H groups in total. The van der Waals surface area contributed by atoms with Gasteiger partial charge in [0, 0.05) is 23.4 Å². The van der Waals surface area contributed by atoms with E-state index in [1.54, 1.807) is 29.1 Å². The van der Waals surface area contributed by atoms with E-state index in [1.165, 1.54) is 38.8 Å². The molecule has 132 valence electrons. The van der Waals surface area contributed by atoms with E-state index in [4.69, 9.17) is 35.4 Å². The van der Waals surface area contributed by atoms with Crippen molar-refractivity contribution >= 4 is 74.8 Å². The molecule has 0 unspecified atom stereocenters. The zero-order chi connectivity index (χ0) is 18.3. The summed E-state index contributed by atoms with van der Waals surface area (Å²) in [6.07, 6.45) is 1.72. The Balaban J connectivity index is 1.58. The molecule has 5 nitrogen and oxygen atoms in total. The summed E-state index contributed by atoms with van der Waals surface area (Å²) in [6.45, 7) is 0. The summed E-state index contributed by atoms with van der Waals surface area (Å²) in [5.41, 5.74) is 1.38. The SMILES string of the molecule is O=c1cc(CSc2nn(-c3ccc(Cl)c(Cl)c3)c(=S)s2)nc2sccn12. The van der Waals surface area contributed by atoms with Gasteiger partial charge in [-0.1, -0.05) is 46.3 Å². The summed E-state index contributed by atoms with van der Waals surface area (Å²) in [6, 6.07) is 6.79. The Morgan fingerprint density at radius 3 is 2.88 bits per heavy atom. The van der Waals surface area contributed by atoms with E-state index >= 15 is 0 Å². The highest BCUT2D eigenvalue weighted by molar-refractivity contribution is 8.00. The Hall–Kier alpha value is -1.23. The maximum atomic E-state index is 12.0. The van der Waals surface area contributed by atoms with Gasteiger partial charge in [-0.2, -0.15) is 0 Å². The summed E-state index contributed by atoms with van der Waals surface area (Å²) < 4.78 is 4.57. The normalized spacial score (nSPS) is 11.3. The Labute approximate surface area is 174 Å². The number of hydrogen-bond acceptors (Lipinski definition) is 7. The molecule has 0 saturated heterocycles. The minimum absolute atomic E-state index is 0.0826. The average Bonchev–Trinajstić information content (AvgIpc) is 3.22. The molecule has 0 aliphatic heterocycles. The van der Waals surface area contributed by atoms with Gasteiger partial charge >= 0.3 is 0 Å². The first kappa shape index (κ1) is 18.1. The van der Waals surface area contributed by atoms with Gasteiger partial charge in [0.25, 0.3) is 5.56 Å². The van der Waals surface area contributed by atoms with Crippen LogP contribution in [-0.2, 0) is 5.75 Å². The molecule has 0 bridgehead atoms. The molecule has 0 saturated carbocycles. The summed E-state index contributed by atoms with van der Waals surface area (Å²) in [5.74, 6) is 0.535. The van der Waals surface area contributed by atoms with Crippen molar-refractivity contribution in [3.8, 4) is 5.69 Å². The lowest BCUT2D eigenvalue weighted by molar-refractivity contribution is 0.829. The van der Waals surface area contributed by atoms with Crippen molar-refractivity contribution in [1.82, 2.24) is 19.2 Å². The largest absolute Gasteiger partial charge is 0.269 e. The highest BCUT2D eigenvalue weighted by Crippen LogP contribution is 2.29. The lowest BCUT2D eigenvalue weighted by Crippen LogP contribution is -2.12. The van der Waals surface area contributed by atoms with Gasteiger partial charge < -0.3 is 0 Å². The minimum Gasteiger partial charge on any atom is -0.269 e. The third-order valence-corrected chi connectivity index (χ3v) is 7.27. The van der Waals surface area contributed by atoms with Gasteiger partial charge in [0.1, 0.15) is 0 Å². The molecule has 0 fully saturated rings. The van der Waals surface area contributed by atoms with Gasteiger partial charge in [-0.3, -0.25) is 9.20 Å². The number of nitrogens with zero attached hydrogens (tertiary/aromatic N) is 4. The average molecular weight is 459 g/mol. The van der Waals surface area contributed by atoms with Gasteiger partial charge in [0.15, 0.2) is 13.3 Å². The molecule has 3 aromatic heterocycles. The fraction of sp³-hybridized carbons (Fsp3) is 0.0667. The quantitative estimate of drug-likeness (QED) is 0.305. The summed E-state index contributed by atoms with van der Waals surface area (Å²) >= 11 is 21.7. The Bertz CT molecular complexity index is 1230. The van der Waals surface area contributed by atoms with Crippen LogP contribution in [0, 0.1) is 3.95 Å². The Kier molecular flexibility index (Phi) is 5.18. The number of fused-ring (bicyclic) bond motifs is 1. The number of thiazole rings is 1. The van der Waals surface area contributed by atoms with Crippen molar-refractivity contribution in [3.63, 3.8) is 0 Å². The third kappa shape index (κ3) is 3.60. The fourth-order valence-electron chi connectivity index (χ4n) is 2.20. The number of benzene rings is 1. The van der Waals surface area contributed by atoms with Gasteiger partial charge in [0.2, 0.25) is 0 Å². The second-order valence-corrected chi connectivity index (χ2v) is 9.61. The van der Waals surface area contributed by atoms with Crippen molar-refractivity contribution in [1.29, 1.82) is 0 Å². The van der Waals surface area contributed by atoms with Crippen molar-refractivity contribution in [2.24, 2.45) is 0 Å². The van der Waals surface area contributed by atoms with E-state index < -0.39 is 0 Å². The molecule has 0 atom stereocenters. The van der Waals surface area contributed by atoms with E-state index in [9.17, 15) is 4.79 Å². The maximum Gasteiger partial charge on any atom is 0.258 e. The van der Waals surface area contributed by atoms with E-state index in [2.05, 4.69) is 10.1 Å². The minimum atomic E-state index is -0.0826. The molecule has 0 spiro atoms. The maximum absolute atomic E-state index is 12.0. The zero-order valence-electron chi connectivity index (χ0n) is 12.8. The van der Waals surface area contributed by atoms with Crippen LogP contribution in [0.4, 0.5) is 0 Å². The van der Waals surface area contributed by atoms with E-state index in [-0.39, 0.29) is 5.56 Å². The smallest absolute Gasteiger partial charge is 0.258 e. The van der Waals surface area contributed by atoms with Gasteiger partial charge in [0.05, 0.1) is 21.4 Å². The van der Waals surface area contributed by atoms with E-state index in [0.717, 1.165) is 10.0 Å². The summed E-state index contributed by atoms with van der Waals surface area (Å²) in [7, 11) is 0. The molecule has 4 rings (SSSR count). The number of hydrogen-bond donors (Lipinski definition) is 0. The summed E-state index contributed by atoms with van der Waals surface area (Å²) in [5, 5.41) is 7.29. The third-order valence-electron chi connectivity index (χ3n) is 3.38. The highest BCUT2D eigenvalue weighted by Gasteiger charge is 2.10. The molecule has 0 aliphatic rings. The molecular formula is C15H8Cl2N4OS4. The molecule has 0 radical (unpaired) electrons. The predicted molar refractivity (Wildman–Crippen MR) is 111 cm³/mol. The lowest BCUT2D eigenvalue weighted by Gasteiger charge is -2.02. The van der Waals surface area contributed by atoms with E-state index in [0.29, 0.717) is 30.4 Å². The van der Waals surface area contributed by atoms with Crippen LogP contribution < -0.4 is 5.56 Å². The standard InChI is InChI=1S/C15H8Cl2N4OS4/c16-10-2-1-9(6-11(10)17)21-15(23)26-14(19-21)25-7-8-5-12(22)20-3-4-24-13(20)18-8/h1-6H,7H2. The number of halogens is 2. The first-order valence-corrected chi connectivity index (χ1v) is 11.0. The molecule has 11 heteroatoms. The van der Waals surface area contributed by atoms with Crippen LogP contribution in [-0.4, -0.2) is 19.2 Å². The van der Waals surface area contributed by atoms with Gasteiger partial charge in [-0.25, -0.2) is 9.67 Å². The molecule has 4 aromatic rings. The first-order chi connectivity index (χ1) is 12.5. The molecule has 0 aliphatic carbocycles. The molecule has 3 heterocycles. The summed E-state index contributed by atoms with van der Waals surface area (Å²) in [4.78, 5) is 17.2. The molecule has 0 amide bonds. The van der Waals surface area contributed by atoms with Crippen molar-refractivity contribution in [2.75, 3.05) is 0 Å². The van der Waals surface area contributed by atoms with Crippen LogP contribution in [0.2, 0.25) is 10.0 Å². The number of rotatable bonds is 4. The fourth-order valence-corrected chi connectivity index (χ4v) is 5.48. The monoisotopic (exact) mass is 458 g/mol. The topological polar surface area (TPSA) is 52.2 Å². The first-order valence-electron chi connectivity index (χ1n) is 7.15. The van der Waals surface area contributed by atoms with Crippen molar-refractivity contribution in [3.05, 3.63) is 65.9 Å². The van der Waals surface area contributed by atoms with Crippen LogP contribution in [0.3, 0.4) is 0 Å². The Morgan fingerprint density at radius 1 is 1.23 bits per heavy atom. The Morgan fingerprint density at radius 2 is 2.08 bits per heavy atom. The number of aromatic nitrogens is 4. The predicted octanol–water partition coefficient (Wildman–Crippen LogP) is 5.33. The molecule has 26 heavy (non-hydrogen) atoms. The van der Waals surface area contributed by atoms with Crippen LogP contribution in [0.1, 0.15) is 5.69 Å². The second-order valence-electron chi connectivity index (χ2n) is 5.07. The lowest BCUT2D eigenvalue weighted by atomic mass is 10.3. The highest BCUT2D eigenvalue weighted by atomic mass is 35.5. The van der Waals surface area contributed by atoms with Crippen molar-refractivity contribution < 1.29 is 0 Å². The van der Waals surface area contributed by atoms with E-state index in [1.807, 2.05) is 11.4 Å². The van der Waals surface area contributed by atoms with Gasteiger partial charge in [-0.15, -0.1) is 16.4 Å². The van der Waals surface area contributed by atoms with Crippen LogP contribution in [0.5, 0.6) is 0 Å². The van der Waals surface area contributed by atoms with Crippen molar-refractivity contribution in [2.45, 2.75) is 10.1 Å².